The van der Waals surface area contributed by atoms with Crippen LogP contribution in [-0.4, -0.2) is 39.6 Å². The van der Waals surface area contributed by atoms with Crippen molar-refractivity contribution in [1.82, 2.24) is 0 Å². The summed E-state index contributed by atoms with van der Waals surface area (Å²) in [5, 5.41) is 0. The lowest BCUT2D eigenvalue weighted by Crippen LogP contribution is -2.37. The molecule has 0 spiro atoms. The normalized spacial score (nSPS) is 19.4. The molecule has 0 saturated carbocycles. The minimum absolute atomic E-state index is 0.00463. The Labute approximate surface area is 68.6 Å². The Morgan fingerprint density at radius 1 is 0.727 bits per heavy atom. The molecule has 0 fully saturated rings. The lowest BCUT2D eigenvalue weighted by atomic mass is 10.1. The highest BCUT2D eigenvalue weighted by molar-refractivity contribution is 4.72. The highest BCUT2D eigenvalue weighted by Gasteiger charge is 2.22. The molecule has 0 aliphatic carbocycles. The summed E-state index contributed by atoms with van der Waals surface area (Å²) in [6, 6.07) is 0. The van der Waals surface area contributed by atoms with Gasteiger partial charge in [0.1, 0.15) is 6.10 Å². The molecule has 0 aromatic carbocycles. The van der Waals surface area contributed by atoms with Crippen molar-refractivity contribution in [3.05, 3.63) is 0 Å². The van der Waals surface area contributed by atoms with Crippen LogP contribution in [0.1, 0.15) is 13.8 Å². The average molecular weight is 162 g/mol. The van der Waals surface area contributed by atoms with E-state index in [1.165, 1.54) is 0 Å². The first kappa shape index (κ1) is 10.9. The second-order valence-corrected chi connectivity index (χ2v) is 2.58. The zero-order valence-corrected chi connectivity index (χ0v) is 7.96. The molecule has 0 heterocycles. The van der Waals surface area contributed by atoms with Gasteiger partial charge in [-0.15, -0.1) is 0 Å². The highest BCUT2D eigenvalue weighted by atomic mass is 16.6. The van der Waals surface area contributed by atoms with Crippen molar-refractivity contribution in [1.29, 1.82) is 0 Å². The Balaban J connectivity index is 3.92. The number of hydrogen-bond acceptors (Lipinski definition) is 3. The predicted octanol–water partition coefficient (Wildman–Crippen LogP) is 1.07. The Bertz CT molecular complexity index is 85.3. The van der Waals surface area contributed by atoms with Gasteiger partial charge in [0.2, 0.25) is 0 Å². The molecule has 11 heavy (non-hydrogen) atoms. The first-order valence-corrected chi connectivity index (χ1v) is 3.75. The van der Waals surface area contributed by atoms with Gasteiger partial charge in [-0.3, -0.25) is 0 Å². The van der Waals surface area contributed by atoms with E-state index >= 15 is 0 Å². The van der Waals surface area contributed by atoms with Gasteiger partial charge in [-0.05, 0) is 13.8 Å². The highest BCUT2D eigenvalue weighted by Crippen LogP contribution is 2.08. The number of ether oxygens (including phenoxy) is 3. The zero-order chi connectivity index (χ0) is 8.85. The van der Waals surface area contributed by atoms with Crippen LogP contribution in [0.25, 0.3) is 0 Å². The molecule has 0 saturated heterocycles. The zero-order valence-electron chi connectivity index (χ0n) is 7.96. The molecule has 0 radical (unpaired) electrons. The van der Waals surface area contributed by atoms with Gasteiger partial charge < -0.3 is 14.2 Å². The average Bonchev–Trinajstić information content (AvgIpc) is 2.05. The smallest absolute Gasteiger partial charge is 0.109 e. The molecule has 3 heteroatoms. The summed E-state index contributed by atoms with van der Waals surface area (Å²) >= 11 is 0. The summed E-state index contributed by atoms with van der Waals surface area (Å²) in [7, 11) is 4.99. The van der Waals surface area contributed by atoms with Crippen molar-refractivity contribution in [3.8, 4) is 0 Å². The summed E-state index contributed by atoms with van der Waals surface area (Å²) in [5.41, 5.74) is 0. The van der Waals surface area contributed by atoms with Crippen LogP contribution in [-0.2, 0) is 14.2 Å². The Kier molecular flexibility index (Phi) is 5.46. The molecule has 0 aliphatic rings. The molecule has 0 aromatic rings. The monoisotopic (exact) mass is 162 g/mol. The summed E-state index contributed by atoms with van der Waals surface area (Å²) in [5.74, 6) is 0. The topological polar surface area (TPSA) is 27.7 Å². The van der Waals surface area contributed by atoms with Crippen LogP contribution in [0, 0.1) is 0 Å². The fourth-order valence-electron chi connectivity index (χ4n) is 1.03. The lowest BCUT2D eigenvalue weighted by molar-refractivity contribution is -0.0941. The molecule has 0 aliphatic heterocycles. The van der Waals surface area contributed by atoms with Crippen molar-refractivity contribution in [2.45, 2.75) is 32.2 Å². The van der Waals surface area contributed by atoms with Crippen LogP contribution >= 0.6 is 0 Å². The van der Waals surface area contributed by atoms with Gasteiger partial charge in [0.15, 0.2) is 0 Å². The molecule has 2 unspecified atom stereocenters. The summed E-state index contributed by atoms with van der Waals surface area (Å²) in [6.07, 6.45) is 0.134. The third-order valence-corrected chi connectivity index (χ3v) is 1.94. The van der Waals surface area contributed by atoms with Crippen molar-refractivity contribution in [3.63, 3.8) is 0 Å². The van der Waals surface area contributed by atoms with Crippen molar-refractivity contribution >= 4 is 0 Å². The molecule has 0 bridgehead atoms. The van der Waals surface area contributed by atoms with E-state index in [1.807, 2.05) is 13.8 Å². The van der Waals surface area contributed by atoms with Crippen LogP contribution in [0.4, 0.5) is 0 Å². The fraction of sp³-hybridized carbons (Fsp3) is 1.00. The summed E-state index contributed by atoms with van der Waals surface area (Å²) in [4.78, 5) is 0. The molecular formula is C8H18O3. The summed E-state index contributed by atoms with van der Waals surface area (Å²) < 4.78 is 15.4. The fourth-order valence-corrected chi connectivity index (χ4v) is 1.03. The van der Waals surface area contributed by atoms with Gasteiger partial charge >= 0.3 is 0 Å². The van der Waals surface area contributed by atoms with Crippen LogP contribution in [0.15, 0.2) is 0 Å². The number of methoxy groups -OCH3 is 3. The predicted molar refractivity (Wildman–Crippen MR) is 43.7 cm³/mol. The summed E-state index contributed by atoms with van der Waals surface area (Å²) in [6.45, 7) is 3.92. The van der Waals surface area contributed by atoms with E-state index in [4.69, 9.17) is 14.2 Å². The molecular weight excluding hydrogens is 144 g/mol. The molecule has 68 valence electrons. The SMILES string of the molecule is COC(C)C(OC)C(C)OC. The van der Waals surface area contributed by atoms with E-state index in [-0.39, 0.29) is 18.3 Å². The molecule has 3 nitrogen and oxygen atoms in total. The van der Waals surface area contributed by atoms with E-state index in [1.54, 1.807) is 21.3 Å². The van der Waals surface area contributed by atoms with Gasteiger partial charge in [0, 0.05) is 21.3 Å². The maximum atomic E-state index is 5.21. The van der Waals surface area contributed by atoms with Gasteiger partial charge in [0.25, 0.3) is 0 Å². The molecule has 2 atom stereocenters. The van der Waals surface area contributed by atoms with E-state index < -0.39 is 0 Å². The molecule has 0 N–H and O–H groups in total. The van der Waals surface area contributed by atoms with Crippen LogP contribution in [0.3, 0.4) is 0 Å². The van der Waals surface area contributed by atoms with E-state index in [0.29, 0.717) is 0 Å². The first-order chi connectivity index (χ1) is 5.17. The quantitative estimate of drug-likeness (QED) is 0.605. The first-order valence-electron chi connectivity index (χ1n) is 3.75. The maximum Gasteiger partial charge on any atom is 0.109 e. The van der Waals surface area contributed by atoms with Crippen molar-refractivity contribution in [2.75, 3.05) is 21.3 Å². The molecule has 0 rings (SSSR count). The van der Waals surface area contributed by atoms with Gasteiger partial charge in [-0.2, -0.15) is 0 Å². The lowest BCUT2D eigenvalue weighted by Gasteiger charge is -2.26. The largest absolute Gasteiger partial charge is 0.379 e. The van der Waals surface area contributed by atoms with Crippen LogP contribution in [0.2, 0.25) is 0 Å². The van der Waals surface area contributed by atoms with Gasteiger partial charge in [-0.25, -0.2) is 0 Å². The Morgan fingerprint density at radius 2 is 1.09 bits per heavy atom. The second-order valence-electron chi connectivity index (χ2n) is 2.58. The van der Waals surface area contributed by atoms with E-state index in [2.05, 4.69) is 0 Å². The van der Waals surface area contributed by atoms with Gasteiger partial charge in [-0.1, -0.05) is 0 Å². The van der Waals surface area contributed by atoms with Crippen LogP contribution < -0.4 is 0 Å². The minimum atomic E-state index is 0.00463. The van der Waals surface area contributed by atoms with Crippen LogP contribution in [0.5, 0.6) is 0 Å². The van der Waals surface area contributed by atoms with Gasteiger partial charge in [0.05, 0.1) is 12.2 Å². The van der Waals surface area contributed by atoms with Crippen molar-refractivity contribution < 1.29 is 14.2 Å². The number of rotatable bonds is 5. The molecule has 0 amide bonds. The van der Waals surface area contributed by atoms with E-state index in [0.717, 1.165) is 0 Å². The number of hydrogen-bond donors (Lipinski definition) is 0. The standard InChI is InChI=1S/C8H18O3/c1-6(9-3)8(11-5)7(2)10-4/h6-8H,1-5H3. The minimum Gasteiger partial charge on any atom is -0.379 e. The van der Waals surface area contributed by atoms with Crippen molar-refractivity contribution in [2.24, 2.45) is 0 Å². The third kappa shape index (κ3) is 3.18. The Hall–Kier alpha value is -0.120. The Morgan fingerprint density at radius 3 is 1.27 bits per heavy atom. The molecule has 0 aromatic heterocycles. The maximum absolute atomic E-state index is 5.21. The third-order valence-electron chi connectivity index (χ3n) is 1.94. The second kappa shape index (κ2) is 5.52. The van der Waals surface area contributed by atoms with E-state index in [9.17, 15) is 0 Å².